The van der Waals surface area contributed by atoms with E-state index in [9.17, 15) is 9.59 Å². The molecule has 0 radical (unpaired) electrons. The molecule has 0 saturated heterocycles. The Morgan fingerprint density at radius 1 is 1.21 bits per heavy atom. The Kier molecular flexibility index (Phi) is 4.61. The molecule has 0 bridgehead atoms. The maximum atomic E-state index is 12.2. The van der Waals surface area contributed by atoms with Crippen molar-refractivity contribution in [3.8, 4) is 5.69 Å². The van der Waals surface area contributed by atoms with Crippen molar-refractivity contribution in [2.45, 2.75) is 6.54 Å². The van der Waals surface area contributed by atoms with E-state index >= 15 is 0 Å². The summed E-state index contributed by atoms with van der Waals surface area (Å²) in [5, 5.41) is 13.4. The molecule has 9 nitrogen and oxygen atoms in total. The summed E-state index contributed by atoms with van der Waals surface area (Å²) in [6, 6.07) is 10.1. The average Bonchev–Trinajstić information content (AvgIpc) is 3.31. The molecule has 0 atom stereocenters. The number of aromatic nitrogens is 4. The Labute approximate surface area is 136 Å². The van der Waals surface area contributed by atoms with Crippen LogP contribution in [0.2, 0.25) is 0 Å². The van der Waals surface area contributed by atoms with Crippen LogP contribution in [0.3, 0.4) is 0 Å². The van der Waals surface area contributed by atoms with Crippen LogP contribution >= 0.6 is 0 Å². The summed E-state index contributed by atoms with van der Waals surface area (Å²) in [5.41, 5.74) is 0.715. The molecule has 9 heteroatoms. The zero-order chi connectivity index (χ0) is 16.8. The van der Waals surface area contributed by atoms with Crippen LogP contribution in [0.1, 0.15) is 16.1 Å². The van der Waals surface area contributed by atoms with E-state index in [1.54, 1.807) is 36.4 Å². The lowest BCUT2D eigenvalue weighted by molar-refractivity contribution is -0.124. The third kappa shape index (κ3) is 3.64. The number of esters is 1. The summed E-state index contributed by atoms with van der Waals surface area (Å²) in [4.78, 5) is 23.9. The molecule has 122 valence electrons. The summed E-state index contributed by atoms with van der Waals surface area (Å²) in [6.45, 7) is -0.173. The quantitative estimate of drug-likeness (QED) is 0.664. The van der Waals surface area contributed by atoms with E-state index < -0.39 is 18.5 Å². The molecular weight excluding hydrogens is 314 g/mol. The van der Waals surface area contributed by atoms with Gasteiger partial charge in [0.1, 0.15) is 12.1 Å². The normalized spacial score (nSPS) is 10.3. The van der Waals surface area contributed by atoms with E-state index in [1.807, 2.05) is 0 Å². The molecule has 1 N–H and O–H groups in total. The molecule has 0 aliphatic rings. The van der Waals surface area contributed by atoms with Crippen LogP contribution in [-0.4, -0.2) is 38.7 Å². The number of carbonyl (C=O) groups excluding carboxylic acids is 2. The van der Waals surface area contributed by atoms with Crippen molar-refractivity contribution < 1.29 is 18.7 Å². The lowest BCUT2D eigenvalue weighted by atomic mass is 10.2. The Morgan fingerprint density at radius 3 is 2.83 bits per heavy atom. The number of carbonyl (C=O) groups is 2. The highest BCUT2D eigenvalue weighted by atomic mass is 16.5. The minimum absolute atomic E-state index is 0.227. The standard InChI is InChI=1S/C15H13N5O4/c21-14(16-8-11-4-3-7-23-11)9-24-15(22)12-5-1-2-6-13(12)20-10-17-18-19-20/h1-7,10H,8-9H2,(H,16,21). The Bertz CT molecular complexity index is 814. The lowest BCUT2D eigenvalue weighted by Gasteiger charge is -2.08. The van der Waals surface area contributed by atoms with Gasteiger partial charge in [-0.15, -0.1) is 5.10 Å². The minimum Gasteiger partial charge on any atom is -0.467 e. The van der Waals surface area contributed by atoms with E-state index in [1.165, 1.54) is 17.3 Å². The topological polar surface area (TPSA) is 112 Å². The highest BCUT2D eigenvalue weighted by Gasteiger charge is 2.16. The molecule has 24 heavy (non-hydrogen) atoms. The van der Waals surface area contributed by atoms with Gasteiger partial charge in [-0.25, -0.2) is 4.79 Å². The number of hydrogen-bond donors (Lipinski definition) is 1. The van der Waals surface area contributed by atoms with Crippen molar-refractivity contribution in [1.29, 1.82) is 0 Å². The molecule has 2 heterocycles. The number of rotatable bonds is 6. The van der Waals surface area contributed by atoms with E-state index in [0.717, 1.165) is 0 Å². The number of tetrazole rings is 1. The second-order valence-corrected chi connectivity index (χ2v) is 4.70. The predicted molar refractivity (Wildman–Crippen MR) is 80.0 cm³/mol. The number of ether oxygens (including phenoxy) is 1. The lowest BCUT2D eigenvalue weighted by Crippen LogP contribution is -2.28. The maximum absolute atomic E-state index is 12.2. The first-order chi connectivity index (χ1) is 11.7. The first-order valence-corrected chi connectivity index (χ1v) is 7.02. The smallest absolute Gasteiger partial charge is 0.340 e. The summed E-state index contributed by atoms with van der Waals surface area (Å²) >= 11 is 0. The van der Waals surface area contributed by atoms with Gasteiger partial charge in [-0.1, -0.05) is 12.1 Å². The molecule has 0 saturated carbocycles. The van der Waals surface area contributed by atoms with E-state index in [4.69, 9.17) is 9.15 Å². The van der Waals surface area contributed by atoms with Gasteiger partial charge in [-0.2, -0.15) is 4.68 Å². The van der Waals surface area contributed by atoms with Gasteiger partial charge in [0.15, 0.2) is 6.61 Å². The molecule has 2 aromatic heterocycles. The third-order valence-corrected chi connectivity index (χ3v) is 3.09. The highest BCUT2D eigenvalue weighted by molar-refractivity contribution is 5.94. The van der Waals surface area contributed by atoms with Crippen LogP contribution in [0, 0.1) is 0 Å². The van der Waals surface area contributed by atoms with Gasteiger partial charge in [-0.05, 0) is 34.7 Å². The van der Waals surface area contributed by atoms with E-state index in [2.05, 4.69) is 20.8 Å². The maximum Gasteiger partial charge on any atom is 0.340 e. The molecule has 0 unspecified atom stereocenters. The van der Waals surface area contributed by atoms with E-state index in [-0.39, 0.29) is 12.1 Å². The van der Waals surface area contributed by atoms with Crippen molar-refractivity contribution in [1.82, 2.24) is 25.5 Å². The van der Waals surface area contributed by atoms with Gasteiger partial charge >= 0.3 is 5.97 Å². The number of furan rings is 1. The molecule has 1 aromatic carbocycles. The number of hydrogen-bond acceptors (Lipinski definition) is 7. The molecule has 0 aliphatic heterocycles. The molecule has 1 amide bonds. The number of amides is 1. The van der Waals surface area contributed by atoms with Gasteiger partial charge in [0.25, 0.3) is 5.91 Å². The number of para-hydroxylation sites is 1. The Balaban J connectivity index is 1.58. The van der Waals surface area contributed by atoms with Gasteiger partial charge in [0, 0.05) is 0 Å². The van der Waals surface area contributed by atoms with E-state index in [0.29, 0.717) is 11.4 Å². The summed E-state index contributed by atoms with van der Waals surface area (Å²) in [5.74, 6) is -0.465. The second kappa shape index (κ2) is 7.18. The van der Waals surface area contributed by atoms with Crippen LogP contribution < -0.4 is 5.32 Å². The molecule has 0 spiro atoms. The first kappa shape index (κ1) is 15.4. The zero-order valence-electron chi connectivity index (χ0n) is 12.5. The number of nitrogens with one attached hydrogen (secondary N) is 1. The number of nitrogens with zero attached hydrogens (tertiary/aromatic N) is 4. The van der Waals surface area contributed by atoms with Gasteiger partial charge in [0.2, 0.25) is 0 Å². The molecule has 3 rings (SSSR count). The SMILES string of the molecule is O=C(COC(=O)c1ccccc1-n1cnnn1)NCc1ccco1. The molecule has 0 aliphatic carbocycles. The molecular formula is C15H13N5O4. The van der Waals surface area contributed by atoms with Crippen molar-refractivity contribution in [3.05, 3.63) is 60.3 Å². The van der Waals surface area contributed by atoms with Crippen LogP contribution in [0.15, 0.2) is 53.4 Å². The van der Waals surface area contributed by atoms with Gasteiger partial charge < -0.3 is 14.5 Å². The van der Waals surface area contributed by atoms with Gasteiger partial charge in [0.05, 0.1) is 24.1 Å². The van der Waals surface area contributed by atoms with Crippen molar-refractivity contribution in [3.63, 3.8) is 0 Å². The van der Waals surface area contributed by atoms with Crippen LogP contribution in [0.4, 0.5) is 0 Å². The van der Waals surface area contributed by atoms with Crippen LogP contribution in [-0.2, 0) is 16.1 Å². The monoisotopic (exact) mass is 327 g/mol. The fourth-order valence-corrected chi connectivity index (χ4v) is 1.98. The Hall–Kier alpha value is -3.49. The third-order valence-electron chi connectivity index (χ3n) is 3.09. The van der Waals surface area contributed by atoms with Crippen molar-refractivity contribution >= 4 is 11.9 Å². The summed E-state index contributed by atoms with van der Waals surface area (Å²) in [6.07, 6.45) is 2.87. The summed E-state index contributed by atoms with van der Waals surface area (Å²) < 4.78 is 11.5. The van der Waals surface area contributed by atoms with Gasteiger partial charge in [-0.3, -0.25) is 4.79 Å². The fourth-order valence-electron chi connectivity index (χ4n) is 1.98. The fraction of sp³-hybridized carbons (Fsp3) is 0.133. The largest absolute Gasteiger partial charge is 0.467 e. The molecule has 3 aromatic rings. The first-order valence-electron chi connectivity index (χ1n) is 7.02. The number of benzene rings is 1. The minimum atomic E-state index is -0.644. The average molecular weight is 327 g/mol. The zero-order valence-corrected chi connectivity index (χ0v) is 12.5. The van der Waals surface area contributed by atoms with Crippen LogP contribution in [0.25, 0.3) is 5.69 Å². The highest BCUT2D eigenvalue weighted by Crippen LogP contribution is 2.13. The predicted octanol–water partition coefficient (Wildman–Crippen LogP) is 0.728. The van der Waals surface area contributed by atoms with Crippen LogP contribution in [0.5, 0.6) is 0 Å². The Morgan fingerprint density at radius 2 is 2.08 bits per heavy atom. The van der Waals surface area contributed by atoms with Crippen molar-refractivity contribution in [2.24, 2.45) is 0 Å². The second-order valence-electron chi connectivity index (χ2n) is 4.70. The summed E-state index contributed by atoms with van der Waals surface area (Å²) in [7, 11) is 0. The van der Waals surface area contributed by atoms with Crippen molar-refractivity contribution in [2.75, 3.05) is 6.61 Å². The molecule has 0 fully saturated rings.